The fourth-order valence-corrected chi connectivity index (χ4v) is 7.86. The van der Waals surface area contributed by atoms with E-state index in [0.717, 1.165) is 16.2 Å². The second-order valence-electron chi connectivity index (χ2n) is 11.1. The van der Waals surface area contributed by atoms with E-state index in [-0.39, 0.29) is 42.9 Å². The highest BCUT2D eigenvalue weighted by Crippen LogP contribution is 2.68. The quantitative estimate of drug-likeness (QED) is 0.354. The Balaban J connectivity index is 1.79. The van der Waals surface area contributed by atoms with E-state index < -0.39 is 54.7 Å². The number of amides is 5. The molecule has 2 heterocycles. The molecule has 0 aliphatic carbocycles. The number of benzene rings is 2. The maximum absolute atomic E-state index is 13.9. The molecule has 2 aliphatic heterocycles. The number of nitrogens with one attached hydrogen (secondary N) is 1. The van der Waals surface area contributed by atoms with Gasteiger partial charge < -0.3 is 29.5 Å². The molecule has 0 saturated carbocycles. The standard InChI is InChI=1S/C31H39N4O10P/c1-5-44-29(39)33(3)26(36)21-11-9-20(10-12-21)24-17-19-35(28(38)25-8-7-18-32-25)31(24,46(41,42)43)23-15-13-22(14-16-23)27(37)34(4)30(40)45-6-2/h9-16,24-25,32H,5-8,17-19H2,1-4H3,(H2,41,42,43)/t24-,25-,31-/m0/s1. The van der Waals surface area contributed by atoms with Crippen molar-refractivity contribution in [1.29, 1.82) is 0 Å². The van der Waals surface area contributed by atoms with E-state index in [4.69, 9.17) is 9.47 Å². The van der Waals surface area contributed by atoms with Crippen molar-refractivity contribution in [3.63, 3.8) is 0 Å². The molecule has 3 N–H and O–H groups in total. The predicted molar refractivity (Wildman–Crippen MR) is 165 cm³/mol. The lowest BCUT2D eigenvalue weighted by molar-refractivity contribution is -0.136. The van der Waals surface area contributed by atoms with Crippen molar-refractivity contribution in [1.82, 2.24) is 20.0 Å². The summed E-state index contributed by atoms with van der Waals surface area (Å²) < 4.78 is 23.6. The van der Waals surface area contributed by atoms with Crippen LogP contribution in [0, 0.1) is 0 Å². The molecule has 3 atom stereocenters. The fraction of sp³-hybridized carbons (Fsp3) is 0.452. The lowest BCUT2D eigenvalue weighted by atomic mass is 9.85. The Bertz CT molecular complexity index is 1520. The zero-order valence-corrected chi connectivity index (χ0v) is 27.1. The number of carbonyl (C=O) groups is 5. The molecule has 248 valence electrons. The summed E-state index contributed by atoms with van der Waals surface area (Å²) in [5, 5.41) is 0.960. The molecule has 2 fully saturated rings. The molecule has 4 rings (SSSR count). The van der Waals surface area contributed by atoms with Gasteiger partial charge in [0, 0.05) is 37.7 Å². The van der Waals surface area contributed by atoms with E-state index >= 15 is 0 Å². The van der Waals surface area contributed by atoms with Crippen LogP contribution in [0.3, 0.4) is 0 Å². The van der Waals surface area contributed by atoms with Gasteiger partial charge in [0.05, 0.1) is 19.3 Å². The third-order valence-electron chi connectivity index (χ3n) is 8.42. The van der Waals surface area contributed by atoms with Crippen molar-refractivity contribution in [2.45, 2.75) is 50.3 Å². The molecule has 5 amide bonds. The second-order valence-corrected chi connectivity index (χ2v) is 12.8. The first-order chi connectivity index (χ1) is 21.8. The Labute approximate surface area is 266 Å². The number of carbonyl (C=O) groups excluding carboxylic acids is 5. The lowest BCUT2D eigenvalue weighted by Crippen LogP contribution is -2.52. The number of nitrogens with zero attached hydrogens (tertiary/aromatic N) is 3. The molecular formula is C31H39N4O10P. The molecule has 0 bridgehead atoms. The summed E-state index contributed by atoms with van der Waals surface area (Å²) >= 11 is 0. The Hall–Kier alpha value is -4.10. The van der Waals surface area contributed by atoms with Gasteiger partial charge in [0.2, 0.25) is 5.91 Å². The molecule has 0 aromatic heterocycles. The van der Waals surface area contributed by atoms with Crippen LogP contribution >= 0.6 is 7.60 Å². The van der Waals surface area contributed by atoms with Crippen molar-refractivity contribution in [2.75, 3.05) is 40.4 Å². The van der Waals surface area contributed by atoms with Crippen molar-refractivity contribution in [3.8, 4) is 0 Å². The zero-order valence-electron chi connectivity index (χ0n) is 26.2. The van der Waals surface area contributed by atoms with Crippen molar-refractivity contribution < 1.29 is 47.8 Å². The normalized spacial score (nSPS) is 21.0. The van der Waals surface area contributed by atoms with Crippen molar-refractivity contribution in [2.24, 2.45) is 0 Å². The highest BCUT2D eigenvalue weighted by molar-refractivity contribution is 7.53. The van der Waals surface area contributed by atoms with Crippen LogP contribution in [-0.4, -0.2) is 101 Å². The molecule has 14 nitrogen and oxygen atoms in total. The molecule has 2 aromatic rings. The van der Waals surface area contributed by atoms with Crippen LogP contribution < -0.4 is 5.32 Å². The summed E-state index contributed by atoms with van der Waals surface area (Å²) in [6, 6.07) is 10.9. The molecule has 2 aliphatic rings. The number of hydrogen-bond acceptors (Lipinski definition) is 9. The molecule has 15 heteroatoms. The number of rotatable bonds is 8. The predicted octanol–water partition coefficient (Wildman–Crippen LogP) is 3.24. The van der Waals surface area contributed by atoms with Crippen LogP contribution in [0.25, 0.3) is 0 Å². The monoisotopic (exact) mass is 658 g/mol. The lowest BCUT2D eigenvalue weighted by Gasteiger charge is -2.44. The Kier molecular flexibility index (Phi) is 10.7. The van der Waals surface area contributed by atoms with E-state index in [1.54, 1.807) is 26.0 Å². The Morgan fingerprint density at radius 2 is 1.37 bits per heavy atom. The van der Waals surface area contributed by atoms with Gasteiger partial charge in [-0.15, -0.1) is 0 Å². The zero-order chi connectivity index (χ0) is 33.8. The van der Waals surface area contributed by atoms with Gasteiger partial charge >= 0.3 is 19.8 Å². The first-order valence-corrected chi connectivity index (χ1v) is 16.6. The van der Waals surface area contributed by atoms with Gasteiger partial charge in [-0.05, 0) is 75.0 Å². The maximum atomic E-state index is 13.9. The van der Waals surface area contributed by atoms with Gasteiger partial charge in [0.15, 0.2) is 5.28 Å². The molecule has 0 radical (unpaired) electrons. The second kappa shape index (κ2) is 14.1. The minimum Gasteiger partial charge on any atom is -0.449 e. The van der Waals surface area contributed by atoms with E-state index in [9.17, 15) is 38.3 Å². The third-order valence-corrected chi connectivity index (χ3v) is 10.1. The highest BCUT2D eigenvalue weighted by atomic mass is 31.2. The molecule has 2 saturated heterocycles. The van der Waals surface area contributed by atoms with Crippen molar-refractivity contribution in [3.05, 3.63) is 70.8 Å². The SMILES string of the molecule is CCOC(=O)N(C)C(=O)c1ccc([C@@H]2CCN(C(=O)[C@@H]3CCCN3)[C@@]2(c2ccc(C(=O)N(C)C(=O)OCC)cc2)P(=O)(O)O)cc1. The summed E-state index contributed by atoms with van der Waals surface area (Å²) in [5.74, 6) is -2.69. The van der Waals surface area contributed by atoms with Crippen LogP contribution in [0.15, 0.2) is 48.5 Å². The third kappa shape index (κ3) is 6.43. The maximum Gasteiger partial charge on any atom is 0.416 e. The van der Waals surface area contributed by atoms with Gasteiger partial charge in [0.1, 0.15) is 0 Å². The van der Waals surface area contributed by atoms with Crippen LogP contribution in [-0.2, 0) is 24.1 Å². The number of ether oxygens (including phenoxy) is 2. The van der Waals surface area contributed by atoms with Gasteiger partial charge in [-0.1, -0.05) is 24.3 Å². The van der Waals surface area contributed by atoms with Gasteiger partial charge in [0.25, 0.3) is 11.8 Å². The van der Waals surface area contributed by atoms with Crippen LogP contribution in [0.5, 0.6) is 0 Å². The Morgan fingerprint density at radius 3 is 1.80 bits per heavy atom. The smallest absolute Gasteiger partial charge is 0.416 e. The van der Waals surface area contributed by atoms with E-state index in [2.05, 4.69) is 5.32 Å². The van der Waals surface area contributed by atoms with E-state index in [1.165, 1.54) is 55.4 Å². The molecule has 0 unspecified atom stereocenters. The van der Waals surface area contributed by atoms with Crippen LogP contribution in [0.2, 0.25) is 0 Å². The van der Waals surface area contributed by atoms with Crippen molar-refractivity contribution >= 4 is 37.5 Å². The first kappa shape index (κ1) is 34.8. The van der Waals surface area contributed by atoms with Gasteiger partial charge in [-0.25, -0.2) is 19.4 Å². The average Bonchev–Trinajstić information content (AvgIpc) is 3.73. The van der Waals surface area contributed by atoms with Crippen LogP contribution in [0.4, 0.5) is 9.59 Å². The first-order valence-electron chi connectivity index (χ1n) is 15.0. The highest BCUT2D eigenvalue weighted by Gasteiger charge is 2.63. The molecular weight excluding hydrogens is 619 g/mol. The summed E-state index contributed by atoms with van der Waals surface area (Å²) in [5.41, 5.74) is 0.775. The Morgan fingerprint density at radius 1 is 0.870 bits per heavy atom. The summed E-state index contributed by atoms with van der Waals surface area (Å²) in [4.78, 5) is 89.2. The van der Waals surface area contributed by atoms with E-state index in [0.29, 0.717) is 18.5 Å². The minimum absolute atomic E-state index is 0.0331. The van der Waals surface area contributed by atoms with Crippen LogP contribution in [0.1, 0.15) is 70.9 Å². The summed E-state index contributed by atoms with van der Waals surface area (Å²) in [6.45, 7) is 4.00. The number of imide groups is 2. The molecule has 2 aromatic carbocycles. The fourth-order valence-electron chi connectivity index (χ4n) is 6.17. The topological polar surface area (TPSA) is 183 Å². The number of likely N-dealkylation sites (tertiary alicyclic amines) is 1. The molecule has 0 spiro atoms. The van der Waals surface area contributed by atoms with Gasteiger partial charge in [-0.2, -0.15) is 0 Å². The van der Waals surface area contributed by atoms with Gasteiger partial charge in [-0.3, -0.25) is 18.9 Å². The minimum atomic E-state index is -5.22. The largest absolute Gasteiger partial charge is 0.449 e. The average molecular weight is 659 g/mol. The number of hydrogen-bond donors (Lipinski definition) is 3. The summed E-state index contributed by atoms with van der Waals surface area (Å²) in [6.07, 6.45) is -0.244. The summed E-state index contributed by atoms with van der Waals surface area (Å²) in [7, 11) is -2.68. The van der Waals surface area contributed by atoms with E-state index in [1.807, 2.05) is 0 Å². The molecule has 46 heavy (non-hydrogen) atoms.